The van der Waals surface area contributed by atoms with Crippen molar-refractivity contribution in [3.63, 3.8) is 0 Å². The Kier molecular flexibility index (Phi) is 4.52. The van der Waals surface area contributed by atoms with Crippen molar-refractivity contribution < 1.29 is 4.79 Å². The van der Waals surface area contributed by atoms with Crippen LogP contribution in [0.1, 0.15) is 28.8 Å². The number of para-hydroxylation sites is 1. The van der Waals surface area contributed by atoms with Crippen LogP contribution in [0.4, 0.5) is 0 Å². The number of aromatic amines is 1. The van der Waals surface area contributed by atoms with E-state index in [0.717, 1.165) is 33.6 Å². The van der Waals surface area contributed by atoms with Crippen molar-refractivity contribution in [1.29, 1.82) is 0 Å². The van der Waals surface area contributed by atoms with E-state index in [1.165, 1.54) is 16.9 Å². The molecular formula is C17H18N4OS. The highest BCUT2D eigenvalue weighted by atomic mass is 32.1. The quantitative estimate of drug-likeness (QED) is 0.558. The first-order valence-electron chi connectivity index (χ1n) is 7.49. The van der Waals surface area contributed by atoms with Crippen molar-refractivity contribution in [3.8, 4) is 0 Å². The predicted molar refractivity (Wildman–Crippen MR) is 94.0 cm³/mol. The fraction of sp³-hybridized carbons (Fsp3) is 0.235. The van der Waals surface area contributed by atoms with Crippen molar-refractivity contribution in [2.45, 2.75) is 26.7 Å². The first-order chi connectivity index (χ1) is 11.2. The zero-order chi connectivity index (χ0) is 16.2. The van der Waals surface area contributed by atoms with Gasteiger partial charge >= 0.3 is 0 Å². The van der Waals surface area contributed by atoms with Gasteiger partial charge in [-0.2, -0.15) is 5.10 Å². The molecule has 0 spiro atoms. The first kappa shape index (κ1) is 15.4. The van der Waals surface area contributed by atoms with Crippen LogP contribution < -0.4 is 5.43 Å². The Morgan fingerprint density at radius 2 is 2.35 bits per heavy atom. The molecule has 0 saturated carbocycles. The number of amides is 1. The maximum Gasteiger partial charge on any atom is 0.246 e. The number of aryl methyl sites for hydroxylation is 2. The van der Waals surface area contributed by atoms with Crippen LogP contribution in [-0.4, -0.2) is 22.1 Å². The Bertz CT molecular complexity index is 862. The molecule has 0 aliphatic heterocycles. The molecular weight excluding hydrogens is 308 g/mol. The van der Waals surface area contributed by atoms with Crippen LogP contribution in [0.5, 0.6) is 0 Å². The molecule has 23 heavy (non-hydrogen) atoms. The maximum atomic E-state index is 11.8. The van der Waals surface area contributed by atoms with Crippen LogP contribution in [0.3, 0.4) is 0 Å². The Balaban J connectivity index is 1.67. The smallest absolute Gasteiger partial charge is 0.246 e. The number of aromatic nitrogens is 2. The number of carbonyl (C=O) groups is 1. The minimum Gasteiger partial charge on any atom is -0.360 e. The van der Waals surface area contributed by atoms with E-state index in [1.807, 2.05) is 30.6 Å². The van der Waals surface area contributed by atoms with Gasteiger partial charge in [-0.15, -0.1) is 11.3 Å². The van der Waals surface area contributed by atoms with E-state index in [1.54, 1.807) is 6.21 Å². The Labute approximate surface area is 138 Å². The zero-order valence-electron chi connectivity index (χ0n) is 13.1. The fourth-order valence-corrected chi connectivity index (χ4v) is 3.25. The highest BCUT2D eigenvalue weighted by Crippen LogP contribution is 2.20. The van der Waals surface area contributed by atoms with Gasteiger partial charge in [0.05, 0.1) is 12.6 Å². The molecule has 0 radical (unpaired) electrons. The minimum absolute atomic E-state index is 0.162. The lowest BCUT2D eigenvalue weighted by molar-refractivity contribution is -0.120. The molecule has 0 aliphatic carbocycles. The molecule has 1 aromatic carbocycles. The molecule has 0 bridgehead atoms. The topological polar surface area (TPSA) is 70.1 Å². The number of H-pyrrole nitrogens is 1. The number of thiazole rings is 1. The molecule has 2 heterocycles. The average molecular weight is 326 g/mol. The van der Waals surface area contributed by atoms with Gasteiger partial charge < -0.3 is 4.98 Å². The van der Waals surface area contributed by atoms with E-state index in [-0.39, 0.29) is 12.3 Å². The van der Waals surface area contributed by atoms with Crippen molar-refractivity contribution in [2.75, 3.05) is 0 Å². The number of hydrogen-bond acceptors (Lipinski definition) is 4. The maximum absolute atomic E-state index is 11.8. The lowest BCUT2D eigenvalue weighted by Crippen LogP contribution is -2.19. The van der Waals surface area contributed by atoms with Gasteiger partial charge in [-0.05, 0) is 18.9 Å². The number of nitrogens with zero attached hydrogens (tertiary/aromatic N) is 2. The van der Waals surface area contributed by atoms with Crippen molar-refractivity contribution in [2.24, 2.45) is 5.10 Å². The molecule has 0 saturated heterocycles. The Morgan fingerprint density at radius 3 is 3.09 bits per heavy atom. The standard InChI is InChI=1S/C17H18N4OS/c1-3-12-5-4-6-14-13(8-18-17(12)14)9-19-21-15(22)7-16-20-11(2)10-23-16/h4-6,8-10,18H,3,7H2,1-2H3,(H,21,22)/b19-9+. The van der Waals surface area contributed by atoms with Gasteiger partial charge in [-0.1, -0.05) is 25.1 Å². The van der Waals surface area contributed by atoms with Crippen LogP contribution >= 0.6 is 11.3 Å². The molecule has 0 atom stereocenters. The number of hydrogen-bond donors (Lipinski definition) is 2. The second-order valence-electron chi connectivity index (χ2n) is 5.29. The summed E-state index contributed by atoms with van der Waals surface area (Å²) < 4.78 is 0. The Hall–Kier alpha value is -2.47. The normalized spacial score (nSPS) is 11.4. The first-order valence-corrected chi connectivity index (χ1v) is 8.37. The summed E-state index contributed by atoms with van der Waals surface area (Å²) in [5, 5.41) is 7.90. The molecule has 0 unspecified atom stereocenters. The number of nitrogens with one attached hydrogen (secondary N) is 2. The highest BCUT2D eigenvalue weighted by Gasteiger charge is 2.07. The summed E-state index contributed by atoms with van der Waals surface area (Å²) >= 11 is 1.49. The van der Waals surface area contributed by atoms with Crippen molar-refractivity contribution >= 4 is 34.4 Å². The van der Waals surface area contributed by atoms with Crippen LogP contribution in [-0.2, 0) is 17.6 Å². The van der Waals surface area contributed by atoms with E-state index in [0.29, 0.717) is 0 Å². The molecule has 118 valence electrons. The fourth-order valence-electron chi connectivity index (χ4n) is 2.47. The summed E-state index contributed by atoms with van der Waals surface area (Å²) in [5.74, 6) is -0.162. The summed E-state index contributed by atoms with van der Waals surface area (Å²) in [6, 6.07) is 6.19. The van der Waals surface area contributed by atoms with Crippen molar-refractivity contribution in [1.82, 2.24) is 15.4 Å². The minimum atomic E-state index is -0.162. The second kappa shape index (κ2) is 6.75. The largest absolute Gasteiger partial charge is 0.360 e. The Morgan fingerprint density at radius 1 is 1.48 bits per heavy atom. The lowest BCUT2D eigenvalue weighted by atomic mass is 10.1. The number of benzene rings is 1. The van der Waals surface area contributed by atoms with Gasteiger partial charge in [-0.3, -0.25) is 4.79 Å². The van der Waals surface area contributed by atoms with Crippen LogP contribution in [0.2, 0.25) is 0 Å². The van der Waals surface area contributed by atoms with Crippen molar-refractivity contribution in [3.05, 3.63) is 51.6 Å². The number of fused-ring (bicyclic) bond motifs is 1. The second-order valence-corrected chi connectivity index (χ2v) is 6.23. The number of hydrazone groups is 1. The third-order valence-corrected chi connectivity index (χ3v) is 4.55. The SMILES string of the molecule is CCc1cccc2c(/C=N/NC(=O)Cc3nc(C)cs3)c[nH]c12. The molecule has 3 rings (SSSR count). The third kappa shape index (κ3) is 3.48. The van der Waals surface area contributed by atoms with E-state index < -0.39 is 0 Å². The summed E-state index contributed by atoms with van der Waals surface area (Å²) in [6.07, 6.45) is 4.80. The van der Waals surface area contributed by atoms with E-state index in [4.69, 9.17) is 0 Å². The highest BCUT2D eigenvalue weighted by molar-refractivity contribution is 7.09. The summed E-state index contributed by atoms with van der Waals surface area (Å²) in [7, 11) is 0. The van der Waals surface area contributed by atoms with Gasteiger partial charge in [0.1, 0.15) is 5.01 Å². The molecule has 6 heteroatoms. The predicted octanol–water partition coefficient (Wildman–Crippen LogP) is 3.19. The third-order valence-electron chi connectivity index (χ3n) is 3.59. The molecule has 0 aliphatic rings. The van der Waals surface area contributed by atoms with Gasteiger partial charge in [-0.25, -0.2) is 10.4 Å². The monoisotopic (exact) mass is 326 g/mol. The van der Waals surface area contributed by atoms with Gasteiger partial charge in [0.2, 0.25) is 5.91 Å². The van der Waals surface area contributed by atoms with E-state index in [9.17, 15) is 4.79 Å². The van der Waals surface area contributed by atoms with Gasteiger partial charge in [0.15, 0.2) is 0 Å². The van der Waals surface area contributed by atoms with Gasteiger partial charge in [0, 0.05) is 33.7 Å². The summed E-state index contributed by atoms with van der Waals surface area (Å²) in [6.45, 7) is 4.04. The summed E-state index contributed by atoms with van der Waals surface area (Å²) in [5.41, 5.74) is 6.85. The van der Waals surface area contributed by atoms with E-state index >= 15 is 0 Å². The number of rotatable bonds is 5. The lowest BCUT2D eigenvalue weighted by Gasteiger charge is -1.99. The zero-order valence-corrected chi connectivity index (χ0v) is 13.9. The number of carbonyl (C=O) groups excluding carboxylic acids is 1. The molecule has 2 N–H and O–H groups in total. The van der Waals surface area contributed by atoms with Crippen LogP contribution in [0.25, 0.3) is 10.9 Å². The molecule has 1 amide bonds. The summed E-state index contributed by atoms with van der Waals surface area (Å²) in [4.78, 5) is 19.4. The molecule has 0 fully saturated rings. The van der Waals surface area contributed by atoms with Crippen LogP contribution in [0, 0.1) is 6.92 Å². The molecule has 3 aromatic rings. The van der Waals surface area contributed by atoms with Crippen LogP contribution in [0.15, 0.2) is 34.9 Å². The van der Waals surface area contributed by atoms with E-state index in [2.05, 4.69) is 33.5 Å². The van der Waals surface area contributed by atoms with Gasteiger partial charge in [0.25, 0.3) is 0 Å². The average Bonchev–Trinajstić information content (AvgIpc) is 3.13. The molecule has 5 nitrogen and oxygen atoms in total. The molecule has 2 aromatic heterocycles.